The van der Waals surface area contributed by atoms with Gasteiger partial charge in [0.2, 0.25) is 5.91 Å². The molecule has 0 spiro atoms. The summed E-state index contributed by atoms with van der Waals surface area (Å²) in [6.07, 6.45) is 0. The first-order valence-corrected chi connectivity index (χ1v) is 6.28. The van der Waals surface area contributed by atoms with Crippen LogP contribution in [0.4, 0.5) is 11.4 Å². The quantitative estimate of drug-likeness (QED) is 0.911. The summed E-state index contributed by atoms with van der Waals surface area (Å²) in [5.41, 5.74) is 1.19. The second-order valence-corrected chi connectivity index (χ2v) is 4.60. The zero-order chi connectivity index (χ0) is 13.8. The summed E-state index contributed by atoms with van der Waals surface area (Å²) in [4.78, 5) is 22.8. The lowest BCUT2D eigenvalue weighted by molar-refractivity contribution is -0.114. The number of benzene rings is 1. The number of hydrogen-bond acceptors (Lipinski definition) is 3. The van der Waals surface area contributed by atoms with E-state index in [-0.39, 0.29) is 17.6 Å². The van der Waals surface area contributed by atoms with Gasteiger partial charge in [-0.25, -0.2) is 0 Å². The zero-order valence-corrected chi connectivity index (χ0v) is 11.7. The molecule has 0 aliphatic carbocycles. The summed E-state index contributed by atoms with van der Waals surface area (Å²) >= 11 is 3.13. The number of carbonyl (C=O) groups excluding carboxylic acids is 2. The van der Waals surface area contributed by atoms with Crippen molar-refractivity contribution in [3.63, 3.8) is 0 Å². The number of carbonyl (C=O) groups is 2. The molecule has 0 saturated heterocycles. The summed E-state index contributed by atoms with van der Waals surface area (Å²) in [7, 11) is 0. The Morgan fingerprint density at radius 1 is 1.11 bits per heavy atom. The zero-order valence-electron chi connectivity index (χ0n) is 10.1. The average Bonchev–Trinajstić information content (AvgIpc) is 2.75. The minimum absolute atomic E-state index is 0.168. The average molecular weight is 323 g/mol. The molecule has 2 N–H and O–H groups in total. The summed E-state index contributed by atoms with van der Waals surface area (Å²) < 4.78 is 5.64. The Morgan fingerprint density at radius 3 is 2.37 bits per heavy atom. The number of halogens is 1. The van der Waals surface area contributed by atoms with Crippen molar-refractivity contribution < 1.29 is 14.0 Å². The Hall–Kier alpha value is -2.08. The maximum atomic E-state index is 11.8. The highest BCUT2D eigenvalue weighted by molar-refractivity contribution is 9.10. The van der Waals surface area contributed by atoms with Crippen molar-refractivity contribution in [2.24, 2.45) is 0 Å². The van der Waals surface area contributed by atoms with Crippen LogP contribution in [0.3, 0.4) is 0 Å². The van der Waals surface area contributed by atoms with Crippen LogP contribution < -0.4 is 10.6 Å². The highest BCUT2D eigenvalue weighted by Crippen LogP contribution is 2.18. The van der Waals surface area contributed by atoms with Crippen LogP contribution in [0, 0.1) is 0 Å². The van der Waals surface area contributed by atoms with Crippen molar-refractivity contribution >= 4 is 39.1 Å². The predicted octanol–water partition coefficient (Wildman–Crippen LogP) is 3.25. The SMILES string of the molecule is CC(=O)Nc1cccc(NC(=O)c2ccc(Br)o2)c1. The van der Waals surface area contributed by atoms with E-state index in [0.717, 1.165) is 0 Å². The van der Waals surface area contributed by atoms with Crippen LogP contribution in [-0.4, -0.2) is 11.8 Å². The standard InChI is InChI=1S/C13H11BrN2O3/c1-8(17)15-9-3-2-4-10(7-9)16-13(18)11-5-6-12(14)19-11/h2-7H,1H3,(H,15,17)(H,16,18). The molecule has 0 bridgehead atoms. The first-order valence-electron chi connectivity index (χ1n) is 5.49. The van der Waals surface area contributed by atoms with Gasteiger partial charge in [-0.15, -0.1) is 0 Å². The molecule has 0 saturated carbocycles. The molecule has 1 heterocycles. The van der Waals surface area contributed by atoms with Crippen molar-refractivity contribution in [3.8, 4) is 0 Å². The van der Waals surface area contributed by atoms with E-state index in [0.29, 0.717) is 16.0 Å². The fourth-order valence-corrected chi connectivity index (χ4v) is 1.81. The molecular formula is C13H11BrN2O3. The molecule has 0 radical (unpaired) electrons. The van der Waals surface area contributed by atoms with Gasteiger partial charge in [0.25, 0.3) is 5.91 Å². The lowest BCUT2D eigenvalue weighted by atomic mass is 10.2. The molecule has 2 aromatic rings. The minimum atomic E-state index is -0.356. The number of rotatable bonds is 3. The van der Waals surface area contributed by atoms with E-state index in [1.165, 1.54) is 6.92 Å². The van der Waals surface area contributed by atoms with Crippen molar-refractivity contribution in [1.82, 2.24) is 0 Å². The Balaban J connectivity index is 2.10. The summed E-state index contributed by atoms with van der Waals surface area (Å²) in [6, 6.07) is 10.1. The maximum absolute atomic E-state index is 11.8. The molecule has 6 heteroatoms. The molecule has 0 aliphatic rings. The van der Waals surface area contributed by atoms with Gasteiger partial charge in [0, 0.05) is 18.3 Å². The van der Waals surface area contributed by atoms with Gasteiger partial charge in [0.1, 0.15) is 0 Å². The summed E-state index contributed by atoms with van der Waals surface area (Å²) in [5, 5.41) is 5.32. The van der Waals surface area contributed by atoms with Gasteiger partial charge >= 0.3 is 0 Å². The molecular weight excluding hydrogens is 312 g/mol. The number of hydrogen-bond donors (Lipinski definition) is 2. The number of amides is 2. The Kier molecular flexibility index (Phi) is 4.01. The van der Waals surface area contributed by atoms with Gasteiger partial charge in [-0.05, 0) is 46.3 Å². The van der Waals surface area contributed by atoms with Crippen LogP contribution in [0.1, 0.15) is 17.5 Å². The summed E-state index contributed by atoms with van der Waals surface area (Å²) in [6.45, 7) is 1.42. The van der Waals surface area contributed by atoms with Crippen LogP contribution in [0.25, 0.3) is 0 Å². The Bertz CT molecular complexity index is 622. The third-order valence-electron chi connectivity index (χ3n) is 2.24. The molecule has 0 fully saturated rings. The molecule has 5 nitrogen and oxygen atoms in total. The van der Waals surface area contributed by atoms with Crippen LogP contribution in [0.5, 0.6) is 0 Å². The second-order valence-electron chi connectivity index (χ2n) is 3.82. The fraction of sp³-hybridized carbons (Fsp3) is 0.0769. The van der Waals surface area contributed by atoms with E-state index in [9.17, 15) is 9.59 Å². The van der Waals surface area contributed by atoms with E-state index >= 15 is 0 Å². The maximum Gasteiger partial charge on any atom is 0.291 e. The highest BCUT2D eigenvalue weighted by atomic mass is 79.9. The highest BCUT2D eigenvalue weighted by Gasteiger charge is 2.10. The smallest absolute Gasteiger partial charge is 0.291 e. The molecule has 0 aliphatic heterocycles. The van der Waals surface area contributed by atoms with E-state index in [1.54, 1.807) is 36.4 Å². The van der Waals surface area contributed by atoms with Crippen LogP contribution >= 0.6 is 15.9 Å². The van der Waals surface area contributed by atoms with Gasteiger partial charge in [0.05, 0.1) is 0 Å². The van der Waals surface area contributed by atoms with Gasteiger partial charge in [0.15, 0.2) is 10.4 Å². The van der Waals surface area contributed by atoms with Crippen molar-refractivity contribution in [2.45, 2.75) is 6.92 Å². The van der Waals surface area contributed by atoms with Gasteiger partial charge < -0.3 is 15.1 Å². The normalized spacial score (nSPS) is 10.0. The van der Waals surface area contributed by atoms with Crippen LogP contribution in [-0.2, 0) is 4.79 Å². The van der Waals surface area contributed by atoms with Crippen molar-refractivity contribution in [1.29, 1.82) is 0 Å². The first kappa shape index (κ1) is 13.4. The molecule has 19 heavy (non-hydrogen) atoms. The van der Waals surface area contributed by atoms with E-state index in [4.69, 9.17) is 4.42 Å². The molecule has 2 amide bonds. The topological polar surface area (TPSA) is 71.3 Å². The predicted molar refractivity (Wildman–Crippen MR) is 75.1 cm³/mol. The van der Waals surface area contributed by atoms with Gasteiger partial charge in [-0.3, -0.25) is 9.59 Å². The summed E-state index contributed by atoms with van der Waals surface area (Å²) in [5.74, 6) is -0.319. The lowest BCUT2D eigenvalue weighted by Crippen LogP contribution is -2.11. The lowest BCUT2D eigenvalue weighted by Gasteiger charge is -2.06. The molecule has 98 valence electrons. The van der Waals surface area contributed by atoms with Crippen molar-refractivity contribution in [2.75, 3.05) is 10.6 Å². The molecule has 1 aromatic heterocycles. The number of anilines is 2. The Morgan fingerprint density at radius 2 is 1.79 bits per heavy atom. The van der Waals surface area contributed by atoms with E-state index in [2.05, 4.69) is 26.6 Å². The van der Waals surface area contributed by atoms with Crippen LogP contribution in [0.2, 0.25) is 0 Å². The van der Waals surface area contributed by atoms with Gasteiger partial charge in [-0.2, -0.15) is 0 Å². The largest absolute Gasteiger partial charge is 0.444 e. The first-order chi connectivity index (χ1) is 9.04. The molecule has 1 aromatic carbocycles. The monoisotopic (exact) mass is 322 g/mol. The van der Waals surface area contributed by atoms with Crippen molar-refractivity contribution in [3.05, 3.63) is 46.8 Å². The number of furan rings is 1. The Labute approximate surface area is 118 Å². The number of nitrogens with one attached hydrogen (secondary N) is 2. The molecule has 0 unspecified atom stereocenters. The third-order valence-corrected chi connectivity index (χ3v) is 2.66. The molecule has 0 atom stereocenters. The van der Waals surface area contributed by atoms with E-state index in [1.807, 2.05) is 0 Å². The van der Waals surface area contributed by atoms with E-state index < -0.39 is 0 Å². The molecule has 2 rings (SSSR count). The fourth-order valence-electron chi connectivity index (χ4n) is 1.51. The van der Waals surface area contributed by atoms with Gasteiger partial charge in [-0.1, -0.05) is 6.07 Å². The van der Waals surface area contributed by atoms with Crippen LogP contribution in [0.15, 0.2) is 45.5 Å². The minimum Gasteiger partial charge on any atom is -0.444 e. The third kappa shape index (κ3) is 3.69. The second kappa shape index (κ2) is 5.71.